The molecule has 160 valence electrons. The van der Waals surface area contributed by atoms with Gasteiger partial charge in [-0.05, 0) is 62.9 Å². The van der Waals surface area contributed by atoms with Crippen molar-refractivity contribution < 1.29 is 14.6 Å². The number of aliphatic hydroxyl groups is 1. The van der Waals surface area contributed by atoms with Crippen LogP contribution in [0, 0.1) is 0 Å². The molecule has 6 heteroatoms. The van der Waals surface area contributed by atoms with Crippen LogP contribution < -0.4 is 9.64 Å². The Labute approximate surface area is 174 Å². The molecule has 3 aliphatic rings. The molecule has 3 heterocycles. The Balaban J connectivity index is 1.38. The molecular weight excluding hydrogens is 366 g/mol. The van der Waals surface area contributed by atoms with Crippen LogP contribution in [0.1, 0.15) is 45.4 Å². The summed E-state index contributed by atoms with van der Waals surface area (Å²) in [7, 11) is 1.68. The van der Waals surface area contributed by atoms with Crippen LogP contribution in [-0.2, 0) is 4.79 Å². The third-order valence-corrected chi connectivity index (χ3v) is 7.21. The first kappa shape index (κ1) is 20.5. The van der Waals surface area contributed by atoms with E-state index in [0.717, 1.165) is 70.6 Å². The lowest BCUT2D eigenvalue weighted by Gasteiger charge is -2.43. The lowest BCUT2D eigenvalue weighted by molar-refractivity contribution is -0.130. The minimum Gasteiger partial charge on any atom is -0.497 e. The number of carbonyl (C=O) groups excluding carboxylic acids is 1. The third-order valence-electron chi connectivity index (χ3n) is 7.21. The van der Waals surface area contributed by atoms with Crippen LogP contribution in [0.15, 0.2) is 24.3 Å². The maximum absolute atomic E-state index is 12.0. The number of nitrogens with zero attached hydrogens (tertiary/aromatic N) is 3. The van der Waals surface area contributed by atoms with E-state index in [1.54, 1.807) is 14.0 Å². The SMILES string of the molecule is COc1ccc(N2CCC(O)(CN3CCCC[C@@H]4[C@H]3CCN4C(C)=O)CC2)cc1. The minimum atomic E-state index is -0.637. The number of hydrogen-bond acceptors (Lipinski definition) is 5. The second kappa shape index (κ2) is 8.52. The number of piperidine rings is 1. The maximum Gasteiger partial charge on any atom is 0.219 e. The van der Waals surface area contributed by atoms with Crippen LogP contribution in [0.25, 0.3) is 0 Å². The van der Waals surface area contributed by atoms with Gasteiger partial charge in [-0.3, -0.25) is 9.69 Å². The van der Waals surface area contributed by atoms with Gasteiger partial charge in [0.2, 0.25) is 5.91 Å². The first-order valence-corrected chi connectivity index (χ1v) is 11.1. The molecule has 3 saturated heterocycles. The van der Waals surface area contributed by atoms with Crippen LogP contribution in [0.2, 0.25) is 0 Å². The topological polar surface area (TPSA) is 56.3 Å². The molecule has 2 atom stereocenters. The van der Waals surface area contributed by atoms with E-state index in [-0.39, 0.29) is 5.91 Å². The lowest BCUT2D eigenvalue weighted by Crippen LogP contribution is -2.55. The highest BCUT2D eigenvalue weighted by atomic mass is 16.5. The number of hydrogen-bond donors (Lipinski definition) is 1. The maximum atomic E-state index is 12.0. The number of fused-ring (bicyclic) bond motifs is 1. The van der Waals surface area contributed by atoms with E-state index in [1.165, 1.54) is 12.1 Å². The van der Waals surface area contributed by atoms with Gasteiger partial charge in [0.1, 0.15) is 5.75 Å². The van der Waals surface area contributed by atoms with E-state index in [9.17, 15) is 9.90 Å². The molecule has 1 N–H and O–H groups in total. The van der Waals surface area contributed by atoms with Crippen molar-refractivity contribution in [2.24, 2.45) is 0 Å². The monoisotopic (exact) mass is 401 g/mol. The summed E-state index contributed by atoms with van der Waals surface area (Å²) >= 11 is 0. The van der Waals surface area contributed by atoms with Crippen molar-refractivity contribution in [2.45, 2.75) is 63.1 Å². The van der Waals surface area contributed by atoms with Crippen molar-refractivity contribution in [1.82, 2.24) is 9.80 Å². The van der Waals surface area contributed by atoms with E-state index in [4.69, 9.17) is 4.74 Å². The number of rotatable bonds is 4. The number of β-amino-alcohol motifs (C(OH)–C–C–N with tert-alkyl or cyclic N) is 1. The Hall–Kier alpha value is -1.79. The molecule has 1 aromatic carbocycles. The molecule has 0 aliphatic carbocycles. The fourth-order valence-electron chi connectivity index (χ4n) is 5.54. The summed E-state index contributed by atoms with van der Waals surface area (Å²) in [4.78, 5) is 19.0. The summed E-state index contributed by atoms with van der Waals surface area (Å²) < 4.78 is 5.25. The molecule has 0 bridgehead atoms. The van der Waals surface area contributed by atoms with Crippen molar-refractivity contribution in [1.29, 1.82) is 0 Å². The average Bonchev–Trinajstić information content (AvgIpc) is 3.06. The molecule has 3 fully saturated rings. The first-order valence-electron chi connectivity index (χ1n) is 11.1. The molecule has 3 aliphatic heterocycles. The van der Waals surface area contributed by atoms with Crippen molar-refractivity contribution in [3.05, 3.63) is 24.3 Å². The van der Waals surface area contributed by atoms with Gasteiger partial charge in [-0.15, -0.1) is 0 Å². The van der Waals surface area contributed by atoms with E-state index in [0.29, 0.717) is 12.1 Å². The fourth-order valence-corrected chi connectivity index (χ4v) is 5.54. The number of carbonyl (C=O) groups is 1. The average molecular weight is 402 g/mol. The van der Waals surface area contributed by atoms with Crippen LogP contribution >= 0.6 is 0 Å². The number of anilines is 1. The Morgan fingerprint density at radius 3 is 2.45 bits per heavy atom. The second-order valence-corrected chi connectivity index (χ2v) is 9.01. The number of benzene rings is 1. The van der Waals surface area contributed by atoms with Crippen LogP contribution in [0.3, 0.4) is 0 Å². The second-order valence-electron chi connectivity index (χ2n) is 9.01. The molecule has 0 spiro atoms. The molecular formula is C23H35N3O3. The summed E-state index contributed by atoms with van der Waals surface area (Å²) in [5.74, 6) is 1.07. The number of likely N-dealkylation sites (tertiary alicyclic amines) is 2. The number of methoxy groups -OCH3 is 1. The Bertz CT molecular complexity index is 700. The van der Waals surface area contributed by atoms with Gasteiger partial charge in [-0.2, -0.15) is 0 Å². The highest BCUT2D eigenvalue weighted by Gasteiger charge is 2.43. The summed E-state index contributed by atoms with van der Waals surface area (Å²) in [6.07, 6.45) is 6.04. The van der Waals surface area contributed by atoms with Crippen molar-refractivity contribution in [2.75, 3.05) is 44.7 Å². The predicted octanol–water partition coefficient (Wildman–Crippen LogP) is 2.50. The summed E-state index contributed by atoms with van der Waals surface area (Å²) in [5.41, 5.74) is 0.553. The predicted molar refractivity (Wildman–Crippen MR) is 114 cm³/mol. The van der Waals surface area contributed by atoms with Gasteiger partial charge in [0.15, 0.2) is 0 Å². The largest absolute Gasteiger partial charge is 0.497 e. The zero-order valence-corrected chi connectivity index (χ0v) is 17.8. The number of ether oxygens (including phenoxy) is 1. The zero-order valence-electron chi connectivity index (χ0n) is 17.8. The summed E-state index contributed by atoms with van der Waals surface area (Å²) in [5, 5.41) is 11.4. The van der Waals surface area contributed by atoms with Gasteiger partial charge in [0.25, 0.3) is 0 Å². The Morgan fingerprint density at radius 1 is 1.07 bits per heavy atom. The van der Waals surface area contributed by atoms with Crippen molar-refractivity contribution in [3.63, 3.8) is 0 Å². The van der Waals surface area contributed by atoms with Gasteiger partial charge in [-0.1, -0.05) is 6.42 Å². The molecule has 6 nitrogen and oxygen atoms in total. The smallest absolute Gasteiger partial charge is 0.219 e. The summed E-state index contributed by atoms with van der Waals surface area (Å²) in [6, 6.07) is 8.92. The third kappa shape index (κ3) is 4.38. The number of amides is 1. The minimum absolute atomic E-state index is 0.200. The molecule has 4 rings (SSSR count). The molecule has 1 amide bonds. The normalized spacial score (nSPS) is 27.4. The van der Waals surface area contributed by atoms with E-state index >= 15 is 0 Å². The van der Waals surface area contributed by atoms with Gasteiger partial charge in [0, 0.05) is 50.9 Å². The van der Waals surface area contributed by atoms with Crippen molar-refractivity contribution >= 4 is 11.6 Å². The van der Waals surface area contributed by atoms with E-state index in [1.807, 2.05) is 12.1 Å². The first-order chi connectivity index (χ1) is 14.0. The molecule has 0 saturated carbocycles. The van der Waals surface area contributed by atoms with Crippen LogP contribution in [-0.4, -0.2) is 78.3 Å². The lowest BCUT2D eigenvalue weighted by atomic mass is 9.89. The molecule has 0 radical (unpaired) electrons. The highest BCUT2D eigenvalue weighted by Crippen LogP contribution is 2.34. The standard InChI is InChI=1S/C23H35N3O3/c1-18(27)26-14-10-21-22(26)5-3-4-13-25(21)17-23(28)11-15-24(16-12-23)19-6-8-20(29-2)9-7-19/h6-9,21-22,28H,3-5,10-17H2,1-2H3/t21-,22-/m1/s1. The van der Waals surface area contributed by atoms with Crippen LogP contribution in [0.4, 0.5) is 5.69 Å². The van der Waals surface area contributed by atoms with Gasteiger partial charge < -0.3 is 19.6 Å². The highest BCUT2D eigenvalue weighted by molar-refractivity contribution is 5.74. The molecule has 29 heavy (non-hydrogen) atoms. The van der Waals surface area contributed by atoms with Crippen molar-refractivity contribution in [3.8, 4) is 5.75 Å². The van der Waals surface area contributed by atoms with Gasteiger partial charge in [-0.25, -0.2) is 0 Å². The molecule has 0 aromatic heterocycles. The van der Waals surface area contributed by atoms with E-state index < -0.39 is 5.60 Å². The van der Waals surface area contributed by atoms with Crippen LogP contribution in [0.5, 0.6) is 5.75 Å². The molecule has 1 aromatic rings. The zero-order chi connectivity index (χ0) is 20.4. The van der Waals surface area contributed by atoms with Gasteiger partial charge >= 0.3 is 0 Å². The van der Waals surface area contributed by atoms with Gasteiger partial charge in [0.05, 0.1) is 12.7 Å². The Morgan fingerprint density at radius 2 is 1.79 bits per heavy atom. The fraction of sp³-hybridized carbons (Fsp3) is 0.696. The summed E-state index contributed by atoms with van der Waals surface area (Å²) in [6.45, 7) is 6.06. The molecule has 0 unspecified atom stereocenters. The Kier molecular flexibility index (Phi) is 6.02. The quantitative estimate of drug-likeness (QED) is 0.840. The van der Waals surface area contributed by atoms with E-state index in [2.05, 4.69) is 26.8 Å².